The summed E-state index contributed by atoms with van der Waals surface area (Å²) in [6, 6.07) is 5.26. The van der Waals surface area contributed by atoms with E-state index >= 15 is 0 Å². The zero-order valence-electron chi connectivity index (χ0n) is 13.4. The van der Waals surface area contributed by atoms with E-state index in [4.69, 9.17) is 5.73 Å². The molecule has 0 spiro atoms. The SMILES string of the molecule is CC1(C)CC(Nc2c(N)cccc2C(=O)O)CC(C)(C)C1. The van der Waals surface area contributed by atoms with Crippen LogP contribution in [0.2, 0.25) is 0 Å². The lowest BCUT2D eigenvalue weighted by Crippen LogP contribution is -2.40. The Kier molecular flexibility index (Phi) is 3.91. The number of carboxylic acids is 1. The molecule has 0 bridgehead atoms. The molecule has 1 aliphatic carbocycles. The third-order valence-electron chi connectivity index (χ3n) is 4.23. The van der Waals surface area contributed by atoms with Crippen molar-refractivity contribution in [3.05, 3.63) is 23.8 Å². The van der Waals surface area contributed by atoms with Crippen LogP contribution in [0.4, 0.5) is 11.4 Å². The molecule has 4 nitrogen and oxygen atoms in total. The second-order valence-electron chi connectivity index (χ2n) is 7.83. The Labute approximate surface area is 126 Å². The molecule has 2 rings (SSSR count). The Bertz CT molecular complexity index is 534. The van der Waals surface area contributed by atoms with Crippen molar-refractivity contribution in [1.29, 1.82) is 0 Å². The molecule has 0 heterocycles. The summed E-state index contributed by atoms with van der Waals surface area (Å²) in [6.07, 6.45) is 3.21. The van der Waals surface area contributed by atoms with E-state index in [1.54, 1.807) is 18.2 Å². The summed E-state index contributed by atoms with van der Waals surface area (Å²) < 4.78 is 0. The van der Waals surface area contributed by atoms with Gasteiger partial charge in [-0.05, 0) is 42.2 Å². The predicted molar refractivity (Wildman–Crippen MR) is 86.6 cm³/mol. The van der Waals surface area contributed by atoms with Crippen LogP contribution in [0.5, 0.6) is 0 Å². The topological polar surface area (TPSA) is 75.3 Å². The number of nitrogens with two attached hydrogens (primary N) is 1. The molecule has 116 valence electrons. The van der Waals surface area contributed by atoms with Crippen LogP contribution in [-0.4, -0.2) is 17.1 Å². The van der Waals surface area contributed by atoms with E-state index in [2.05, 4.69) is 33.0 Å². The molecule has 21 heavy (non-hydrogen) atoms. The van der Waals surface area contributed by atoms with Gasteiger partial charge in [-0.2, -0.15) is 0 Å². The molecule has 1 saturated carbocycles. The van der Waals surface area contributed by atoms with Crippen molar-refractivity contribution in [3.63, 3.8) is 0 Å². The number of hydrogen-bond acceptors (Lipinski definition) is 3. The molecule has 0 radical (unpaired) electrons. The van der Waals surface area contributed by atoms with E-state index in [-0.39, 0.29) is 22.4 Å². The summed E-state index contributed by atoms with van der Waals surface area (Å²) in [4.78, 5) is 11.4. The van der Waals surface area contributed by atoms with Crippen LogP contribution in [-0.2, 0) is 0 Å². The van der Waals surface area contributed by atoms with Gasteiger partial charge in [0.1, 0.15) is 0 Å². The molecule has 4 N–H and O–H groups in total. The average Bonchev–Trinajstić information content (AvgIpc) is 2.27. The van der Waals surface area contributed by atoms with Gasteiger partial charge in [0.15, 0.2) is 0 Å². The molecule has 1 aromatic carbocycles. The highest BCUT2D eigenvalue weighted by molar-refractivity contribution is 5.97. The molecule has 1 aliphatic rings. The lowest BCUT2D eigenvalue weighted by molar-refractivity contribution is 0.0698. The smallest absolute Gasteiger partial charge is 0.337 e. The molecule has 1 fully saturated rings. The molecule has 0 aliphatic heterocycles. The fourth-order valence-corrected chi connectivity index (χ4v) is 4.06. The lowest BCUT2D eigenvalue weighted by atomic mass is 9.63. The first kappa shape index (κ1) is 15.7. The van der Waals surface area contributed by atoms with Gasteiger partial charge in [-0.3, -0.25) is 0 Å². The summed E-state index contributed by atoms with van der Waals surface area (Å²) in [5.41, 5.74) is 7.77. The van der Waals surface area contributed by atoms with Crippen molar-refractivity contribution in [2.45, 2.75) is 53.0 Å². The van der Waals surface area contributed by atoms with Gasteiger partial charge in [-0.1, -0.05) is 33.8 Å². The number of carboxylic acid groups (broad SMARTS) is 1. The maximum Gasteiger partial charge on any atom is 0.337 e. The number of nitrogen functional groups attached to an aromatic ring is 1. The lowest BCUT2D eigenvalue weighted by Gasteiger charge is -2.45. The van der Waals surface area contributed by atoms with E-state index in [0.29, 0.717) is 11.4 Å². The molecule has 1 aromatic rings. The Morgan fingerprint density at radius 2 is 1.81 bits per heavy atom. The molecular formula is C17H26N2O2. The first-order chi connectivity index (χ1) is 9.60. The monoisotopic (exact) mass is 290 g/mol. The molecule has 0 unspecified atom stereocenters. The van der Waals surface area contributed by atoms with E-state index in [1.165, 1.54) is 6.42 Å². The van der Waals surface area contributed by atoms with Crippen molar-refractivity contribution < 1.29 is 9.90 Å². The molecule has 0 aromatic heterocycles. The molecule has 4 heteroatoms. The Hall–Kier alpha value is -1.71. The van der Waals surface area contributed by atoms with Crippen molar-refractivity contribution in [1.82, 2.24) is 0 Å². The minimum absolute atomic E-state index is 0.242. The summed E-state index contributed by atoms with van der Waals surface area (Å²) in [6.45, 7) is 9.09. The fourth-order valence-electron chi connectivity index (χ4n) is 4.06. The highest BCUT2D eigenvalue weighted by Crippen LogP contribution is 2.46. The second kappa shape index (κ2) is 5.24. The number of hydrogen-bond donors (Lipinski definition) is 3. The summed E-state index contributed by atoms with van der Waals surface area (Å²) in [5.74, 6) is -0.945. The summed E-state index contributed by atoms with van der Waals surface area (Å²) in [7, 11) is 0. The Balaban J connectivity index is 2.28. The van der Waals surface area contributed by atoms with Crippen LogP contribution in [0.25, 0.3) is 0 Å². The van der Waals surface area contributed by atoms with Crippen LogP contribution in [0, 0.1) is 10.8 Å². The summed E-state index contributed by atoms with van der Waals surface area (Å²) in [5, 5.41) is 12.7. The largest absolute Gasteiger partial charge is 0.478 e. The number of para-hydroxylation sites is 1. The highest BCUT2D eigenvalue weighted by Gasteiger charge is 2.38. The normalized spacial score (nSPS) is 21.0. The standard InChI is InChI=1S/C17H26N2O2/c1-16(2)8-11(9-17(3,4)10-16)19-14-12(15(20)21)6-5-7-13(14)18/h5-7,11,19H,8-10,18H2,1-4H3,(H,20,21). The van der Waals surface area contributed by atoms with E-state index < -0.39 is 5.97 Å². The van der Waals surface area contributed by atoms with Gasteiger partial charge in [0.25, 0.3) is 0 Å². The van der Waals surface area contributed by atoms with Crippen LogP contribution in [0.1, 0.15) is 57.3 Å². The van der Waals surface area contributed by atoms with Gasteiger partial charge in [-0.25, -0.2) is 4.79 Å². The number of benzene rings is 1. The maximum atomic E-state index is 11.4. The van der Waals surface area contributed by atoms with E-state index in [0.717, 1.165) is 12.8 Å². The van der Waals surface area contributed by atoms with Crippen LogP contribution in [0.3, 0.4) is 0 Å². The van der Waals surface area contributed by atoms with Crippen molar-refractivity contribution in [3.8, 4) is 0 Å². The van der Waals surface area contributed by atoms with Crippen LogP contribution >= 0.6 is 0 Å². The second-order valence-corrected chi connectivity index (χ2v) is 7.83. The third-order valence-corrected chi connectivity index (χ3v) is 4.23. The van der Waals surface area contributed by atoms with Gasteiger partial charge in [0.2, 0.25) is 0 Å². The minimum atomic E-state index is -0.945. The highest BCUT2D eigenvalue weighted by atomic mass is 16.4. The number of carbonyl (C=O) groups is 1. The van der Waals surface area contributed by atoms with E-state index in [9.17, 15) is 9.90 Å². The Morgan fingerprint density at radius 1 is 1.24 bits per heavy atom. The number of anilines is 2. The van der Waals surface area contributed by atoms with Crippen LogP contribution < -0.4 is 11.1 Å². The first-order valence-electron chi connectivity index (χ1n) is 7.48. The first-order valence-corrected chi connectivity index (χ1v) is 7.48. The van der Waals surface area contributed by atoms with Gasteiger partial charge in [0.05, 0.1) is 16.9 Å². The van der Waals surface area contributed by atoms with Crippen molar-refractivity contribution in [2.24, 2.45) is 10.8 Å². The molecule has 0 atom stereocenters. The number of nitrogens with one attached hydrogen (secondary N) is 1. The van der Waals surface area contributed by atoms with Crippen molar-refractivity contribution in [2.75, 3.05) is 11.1 Å². The van der Waals surface area contributed by atoms with Gasteiger partial charge in [-0.15, -0.1) is 0 Å². The van der Waals surface area contributed by atoms with E-state index in [1.807, 2.05) is 0 Å². The summed E-state index contributed by atoms with van der Waals surface area (Å²) >= 11 is 0. The zero-order valence-corrected chi connectivity index (χ0v) is 13.4. The quantitative estimate of drug-likeness (QED) is 0.736. The van der Waals surface area contributed by atoms with Gasteiger partial charge >= 0.3 is 5.97 Å². The maximum absolute atomic E-state index is 11.4. The minimum Gasteiger partial charge on any atom is -0.478 e. The molecule has 0 saturated heterocycles. The number of aromatic carboxylic acids is 1. The van der Waals surface area contributed by atoms with Gasteiger partial charge < -0.3 is 16.2 Å². The molecular weight excluding hydrogens is 264 g/mol. The predicted octanol–water partition coefficient (Wildman–Crippen LogP) is 3.98. The van der Waals surface area contributed by atoms with Crippen LogP contribution in [0.15, 0.2) is 18.2 Å². The van der Waals surface area contributed by atoms with Crippen molar-refractivity contribution >= 4 is 17.3 Å². The molecule has 0 amide bonds. The number of rotatable bonds is 3. The fraction of sp³-hybridized carbons (Fsp3) is 0.588. The average molecular weight is 290 g/mol. The van der Waals surface area contributed by atoms with Gasteiger partial charge in [0, 0.05) is 6.04 Å². The third kappa shape index (κ3) is 3.69. The zero-order chi connectivity index (χ0) is 15.8. The Morgan fingerprint density at radius 3 is 2.33 bits per heavy atom.